The van der Waals surface area contributed by atoms with Crippen molar-refractivity contribution < 1.29 is 9.64 Å². The minimum Gasteiger partial charge on any atom is -0.370 e. The summed E-state index contributed by atoms with van der Waals surface area (Å²) < 4.78 is 10.2. The average Bonchev–Trinajstić information content (AvgIpc) is 3.33. The van der Waals surface area contributed by atoms with E-state index < -0.39 is 0 Å². The fourth-order valence-electron chi connectivity index (χ4n) is 4.42. The van der Waals surface area contributed by atoms with E-state index in [2.05, 4.69) is 36.1 Å². The van der Waals surface area contributed by atoms with Crippen molar-refractivity contribution in [2.24, 2.45) is 7.05 Å². The summed E-state index contributed by atoms with van der Waals surface area (Å²) >= 11 is 0. The lowest BCUT2D eigenvalue weighted by molar-refractivity contribution is -0.908. The molecule has 0 radical (unpaired) electrons. The molecule has 1 saturated heterocycles. The Kier molecular flexibility index (Phi) is 4.71. The Balaban J connectivity index is 1.55. The number of anilines is 2. The van der Waals surface area contributed by atoms with Crippen LogP contribution in [0, 0.1) is 6.92 Å². The van der Waals surface area contributed by atoms with E-state index in [-0.39, 0.29) is 11.2 Å². The molecule has 1 N–H and O–H groups in total. The highest BCUT2D eigenvalue weighted by Gasteiger charge is 2.29. The van der Waals surface area contributed by atoms with Gasteiger partial charge in [0.25, 0.3) is 5.56 Å². The van der Waals surface area contributed by atoms with Crippen LogP contribution in [0.25, 0.3) is 11.2 Å². The van der Waals surface area contributed by atoms with Gasteiger partial charge in [0.2, 0.25) is 5.95 Å². The molecule has 9 heteroatoms. The third-order valence-electron chi connectivity index (χ3n) is 6.24. The molecule has 0 aliphatic carbocycles. The van der Waals surface area contributed by atoms with E-state index in [0.29, 0.717) is 24.3 Å². The second kappa shape index (κ2) is 7.41. The maximum Gasteiger partial charge on any atom is 0.332 e. The van der Waals surface area contributed by atoms with Gasteiger partial charge in [-0.05, 0) is 19.1 Å². The van der Waals surface area contributed by atoms with Crippen molar-refractivity contribution in [3.63, 3.8) is 0 Å². The van der Waals surface area contributed by atoms with Gasteiger partial charge in [-0.1, -0.05) is 17.7 Å². The van der Waals surface area contributed by atoms with E-state index in [4.69, 9.17) is 9.72 Å². The van der Waals surface area contributed by atoms with E-state index in [9.17, 15) is 9.59 Å². The molecular formula is C21H27N6O3+. The van der Waals surface area contributed by atoms with Crippen molar-refractivity contribution in [3.8, 4) is 0 Å². The van der Waals surface area contributed by atoms with E-state index >= 15 is 0 Å². The zero-order valence-electron chi connectivity index (χ0n) is 17.4. The molecule has 0 saturated carbocycles. The molecule has 0 amide bonds. The summed E-state index contributed by atoms with van der Waals surface area (Å²) in [6.07, 6.45) is 0. The van der Waals surface area contributed by atoms with Crippen LogP contribution in [0.3, 0.4) is 0 Å². The van der Waals surface area contributed by atoms with Crippen LogP contribution in [0.2, 0.25) is 0 Å². The number of benzene rings is 1. The van der Waals surface area contributed by atoms with E-state index in [1.807, 2.05) is 4.57 Å². The van der Waals surface area contributed by atoms with Gasteiger partial charge in [0.05, 0.1) is 26.3 Å². The number of quaternary nitrogens is 1. The number of aromatic nitrogens is 4. The van der Waals surface area contributed by atoms with Gasteiger partial charge in [-0.2, -0.15) is 4.98 Å². The van der Waals surface area contributed by atoms with Gasteiger partial charge in [-0.25, -0.2) is 4.79 Å². The Bertz CT molecular complexity index is 1200. The summed E-state index contributed by atoms with van der Waals surface area (Å²) in [5.74, 6) is 0.720. The van der Waals surface area contributed by atoms with Crippen LogP contribution in [-0.2, 0) is 24.9 Å². The topological polar surface area (TPSA) is 78.7 Å². The molecule has 0 unspecified atom stereocenters. The number of nitrogens with zero attached hydrogens (tertiary/aromatic N) is 5. The lowest BCUT2D eigenvalue weighted by Gasteiger charge is -2.23. The Labute approximate surface area is 173 Å². The van der Waals surface area contributed by atoms with Crippen LogP contribution in [0.1, 0.15) is 5.56 Å². The van der Waals surface area contributed by atoms with E-state index in [1.165, 1.54) is 19.6 Å². The van der Waals surface area contributed by atoms with Crippen LogP contribution in [0.15, 0.2) is 33.9 Å². The monoisotopic (exact) mass is 411 g/mol. The predicted octanol–water partition coefficient (Wildman–Crippen LogP) is -0.728. The standard InChI is InChI=1S/C21H26N6O3/c1-15-3-5-16(6-4-15)25-9-10-26-17-18(22-20(25)26)23(2)21(29)27(19(17)28)8-7-24-11-13-30-14-12-24/h3-6H,7-14H2,1-2H3/p+1. The molecule has 30 heavy (non-hydrogen) atoms. The van der Waals surface area contributed by atoms with Crippen LogP contribution in [0.4, 0.5) is 11.6 Å². The average molecular weight is 411 g/mol. The third-order valence-corrected chi connectivity index (χ3v) is 6.24. The summed E-state index contributed by atoms with van der Waals surface area (Å²) in [5, 5.41) is 0. The van der Waals surface area contributed by atoms with Crippen molar-refractivity contribution in [1.82, 2.24) is 18.7 Å². The van der Waals surface area contributed by atoms with Gasteiger partial charge in [0.1, 0.15) is 13.1 Å². The largest absolute Gasteiger partial charge is 0.370 e. The summed E-state index contributed by atoms with van der Waals surface area (Å²) in [7, 11) is 1.70. The molecule has 2 aliphatic rings. The molecule has 3 aromatic rings. The molecule has 0 spiro atoms. The third kappa shape index (κ3) is 3.05. The highest BCUT2D eigenvalue weighted by atomic mass is 16.5. The normalized spacial score (nSPS) is 17.1. The molecule has 0 bridgehead atoms. The zero-order chi connectivity index (χ0) is 20.8. The number of ether oxygens (including phenoxy) is 1. The second-order valence-electron chi connectivity index (χ2n) is 8.13. The van der Waals surface area contributed by atoms with E-state index in [1.54, 1.807) is 7.05 Å². The summed E-state index contributed by atoms with van der Waals surface area (Å²) in [6.45, 7) is 7.89. The Morgan fingerprint density at radius 3 is 2.57 bits per heavy atom. The number of rotatable bonds is 4. The predicted molar refractivity (Wildman–Crippen MR) is 114 cm³/mol. The van der Waals surface area contributed by atoms with Crippen LogP contribution < -0.4 is 21.0 Å². The maximum atomic E-state index is 13.3. The lowest BCUT2D eigenvalue weighted by Crippen LogP contribution is -3.14. The van der Waals surface area contributed by atoms with Gasteiger partial charge >= 0.3 is 5.69 Å². The molecule has 158 valence electrons. The summed E-state index contributed by atoms with van der Waals surface area (Å²) in [6, 6.07) is 8.26. The van der Waals surface area contributed by atoms with Crippen molar-refractivity contribution in [2.45, 2.75) is 20.0 Å². The SMILES string of the molecule is Cc1ccc(N2CCn3c2nc2c3c(=O)n(CC[NH+]3CCOCC3)c(=O)n2C)cc1. The van der Waals surface area contributed by atoms with Gasteiger partial charge < -0.3 is 19.1 Å². The number of hydrogen-bond acceptors (Lipinski definition) is 5. The number of fused-ring (bicyclic) bond motifs is 3. The zero-order valence-corrected chi connectivity index (χ0v) is 17.4. The summed E-state index contributed by atoms with van der Waals surface area (Å²) in [5.41, 5.74) is 2.64. The van der Waals surface area contributed by atoms with Gasteiger partial charge in [0.15, 0.2) is 11.2 Å². The minimum atomic E-state index is -0.307. The fourth-order valence-corrected chi connectivity index (χ4v) is 4.42. The Hall–Kier alpha value is -2.91. The molecular weight excluding hydrogens is 384 g/mol. The first kappa shape index (κ1) is 19.1. The Morgan fingerprint density at radius 2 is 1.83 bits per heavy atom. The molecule has 5 rings (SSSR count). The van der Waals surface area contributed by atoms with Crippen molar-refractivity contribution in [2.75, 3.05) is 44.3 Å². The first-order chi connectivity index (χ1) is 14.5. The molecule has 2 aliphatic heterocycles. The van der Waals surface area contributed by atoms with Crippen LogP contribution >= 0.6 is 0 Å². The van der Waals surface area contributed by atoms with Crippen LogP contribution in [-0.4, -0.2) is 58.1 Å². The molecule has 9 nitrogen and oxygen atoms in total. The summed E-state index contributed by atoms with van der Waals surface area (Å²) in [4.78, 5) is 34.4. The quantitative estimate of drug-likeness (QED) is 0.613. The van der Waals surface area contributed by atoms with Crippen molar-refractivity contribution >= 4 is 22.8 Å². The Morgan fingerprint density at radius 1 is 1.10 bits per heavy atom. The van der Waals surface area contributed by atoms with E-state index in [0.717, 1.165) is 51.0 Å². The molecule has 1 aromatic carbocycles. The molecule has 4 heterocycles. The number of imidazole rings is 1. The number of aryl methyl sites for hydroxylation is 2. The number of nitrogens with one attached hydrogen (secondary N) is 1. The highest BCUT2D eigenvalue weighted by molar-refractivity contribution is 5.77. The van der Waals surface area contributed by atoms with Crippen LogP contribution in [0.5, 0.6) is 0 Å². The van der Waals surface area contributed by atoms with Crippen molar-refractivity contribution in [3.05, 3.63) is 50.7 Å². The molecule has 2 aromatic heterocycles. The van der Waals surface area contributed by atoms with Crippen molar-refractivity contribution in [1.29, 1.82) is 0 Å². The smallest absolute Gasteiger partial charge is 0.332 e. The van der Waals surface area contributed by atoms with Gasteiger partial charge in [-0.3, -0.25) is 13.9 Å². The number of morpholine rings is 1. The highest BCUT2D eigenvalue weighted by Crippen LogP contribution is 2.31. The maximum absolute atomic E-state index is 13.3. The lowest BCUT2D eigenvalue weighted by atomic mass is 10.2. The molecule has 1 fully saturated rings. The van der Waals surface area contributed by atoms with Gasteiger partial charge in [-0.15, -0.1) is 0 Å². The fraction of sp³-hybridized carbons (Fsp3) is 0.476. The second-order valence-corrected chi connectivity index (χ2v) is 8.13. The number of hydrogen-bond donors (Lipinski definition) is 1. The first-order valence-electron chi connectivity index (χ1n) is 10.5. The first-order valence-corrected chi connectivity index (χ1v) is 10.5. The minimum absolute atomic E-state index is 0.245. The molecule has 0 atom stereocenters. The van der Waals surface area contributed by atoms with Gasteiger partial charge in [0, 0.05) is 25.8 Å².